The molecule has 3 aliphatic heterocycles. The predicted octanol–water partition coefficient (Wildman–Crippen LogP) is 1.17. The van der Waals surface area contributed by atoms with Crippen LogP contribution in [0.1, 0.15) is 31.7 Å². The topological polar surface area (TPSA) is 99.2 Å². The first-order valence-corrected chi connectivity index (χ1v) is 11.5. The number of anilines is 2. The summed E-state index contributed by atoms with van der Waals surface area (Å²) in [4.78, 5) is 27.2. The maximum atomic E-state index is 12.7. The zero-order chi connectivity index (χ0) is 19.9. The van der Waals surface area contributed by atoms with Crippen molar-refractivity contribution in [2.75, 3.05) is 34.8 Å². The summed E-state index contributed by atoms with van der Waals surface area (Å²) in [5, 5.41) is 8.31. The molecule has 0 aromatic heterocycles. The molecule has 1 unspecified atom stereocenters. The Morgan fingerprint density at radius 3 is 2.82 bits per heavy atom. The number of benzene rings is 1. The Morgan fingerprint density at radius 2 is 2.11 bits per heavy atom. The van der Waals surface area contributed by atoms with E-state index in [1.165, 1.54) is 10.6 Å². The molecule has 1 aromatic rings. The molecule has 0 spiro atoms. The van der Waals surface area contributed by atoms with Crippen molar-refractivity contribution in [3.8, 4) is 0 Å². The second kappa shape index (κ2) is 7.20. The van der Waals surface area contributed by atoms with Gasteiger partial charge in [-0.3, -0.25) is 9.59 Å². The zero-order valence-corrected chi connectivity index (χ0v) is 16.7. The fraction of sp³-hybridized carbons (Fsp3) is 0.526. The first-order chi connectivity index (χ1) is 13.4. The predicted molar refractivity (Wildman–Crippen MR) is 107 cm³/mol. The van der Waals surface area contributed by atoms with E-state index in [0.717, 1.165) is 25.2 Å². The molecule has 4 rings (SSSR count). The molecule has 8 nitrogen and oxygen atoms in total. The fourth-order valence-electron chi connectivity index (χ4n) is 4.04. The molecule has 3 heterocycles. The highest BCUT2D eigenvalue weighted by molar-refractivity contribution is 7.91. The molecule has 9 heteroatoms. The summed E-state index contributed by atoms with van der Waals surface area (Å²) in [5.74, 6) is -0.606. The lowest BCUT2D eigenvalue weighted by Crippen LogP contribution is -2.42. The Balaban J connectivity index is 1.50. The van der Waals surface area contributed by atoms with Crippen LogP contribution in [0.2, 0.25) is 0 Å². The van der Waals surface area contributed by atoms with E-state index in [-0.39, 0.29) is 41.9 Å². The molecule has 0 radical (unpaired) electrons. The average Bonchev–Trinajstić information content (AvgIpc) is 3.24. The van der Waals surface area contributed by atoms with Crippen LogP contribution in [0.4, 0.5) is 11.4 Å². The first kappa shape index (κ1) is 18.9. The molecule has 1 N–H and O–H groups in total. The summed E-state index contributed by atoms with van der Waals surface area (Å²) in [6.45, 7) is 4.00. The monoisotopic (exact) mass is 404 g/mol. The molecule has 28 heavy (non-hydrogen) atoms. The maximum absolute atomic E-state index is 12.7. The van der Waals surface area contributed by atoms with Crippen molar-refractivity contribution in [3.63, 3.8) is 0 Å². The SMILES string of the molecule is CCN1CCc2ccc(NC(=O)C3=NN(C4CCS(=O)(=O)C4)C(=O)CC3)cc21. The van der Waals surface area contributed by atoms with Gasteiger partial charge < -0.3 is 10.2 Å². The van der Waals surface area contributed by atoms with Gasteiger partial charge in [-0.1, -0.05) is 6.07 Å². The van der Waals surface area contributed by atoms with E-state index in [2.05, 4.69) is 22.2 Å². The van der Waals surface area contributed by atoms with Crippen LogP contribution >= 0.6 is 0 Å². The number of hydrazone groups is 1. The van der Waals surface area contributed by atoms with Crippen LogP contribution in [-0.2, 0) is 25.8 Å². The van der Waals surface area contributed by atoms with Crippen LogP contribution < -0.4 is 10.2 Å². The molecule has 3 aliphatic rings. The highest BCUT2D eigenvalue weighted by Crippen LogP contribution is 2.30. The van der Waals surface area contributed by atoms with Crippen molar-refractivity contribution in [2.45, 2.75) is 38.6 Å². The van der Waals surface area contributed by atoms with Gasteiger partial charge in [-0.25, -0.2) is 13.4 Å². The Kier molecular flexibility index (Phi) is 4.86. The Labute approximate surface area is 164 Å². The number of likely N-dealkylation sites (N-methyl/N-ethyl adjacent to an activating group) is 1. The normalized spacial score (nSPS) is 23.5. The van der Waals surface area contributed by atoms with Gasteiger partial charge in [0, 0.05) is 37.3 Å². The minimum absolute atomic E-state index is 0.0571. The van der Waals surface area contributed by atoms with Crippen molar-refractivity contribution in [2.24, 2.45) is 5.10 Å². The number of rotatable bonds is 4. The largest absolute Gasteiger partial charge is 0.371 e. The lowest BCUT2D eigenvalue weighted by molar-refractivity contribution is -0.133. The summed E-state index contributed by atoms with van der Waals surface area (Å²) in [5.41, 5.74) is 3.36. The number of hydrogen-bond acceptors (Lipinski definition) is 6. The van der Waals surface area contributed by atoms with Gasteiger partial charge in [-0.2, -0.15) is 5.10 Å². The molecular weight excluding hydrogens is 380 g/mol. The Hall–Kier alpha value is -2.42. The number of amides is 2. The number of nitrogens with zero attached hydrogens (tertiary/aromatic N) is 3. The summed E-state index contributed by atoms with van der Waals surface area (Å²) in [7, 11) is -3.14. The molecule has 1 aromatic carbocycles. The number of fused-ring (bicyclic) bond motifs is 1. The van der Waals surface area contributed by atoms with E-state index in [1.54, 1.807) is 0 Å². The Morgan fingerprint density at radius 1 is 1.29 bits per heavy atom. The van der Waals surface area contributed by atoms with Crippen molar-refractivity contribution >= 4 is 38.7 Å². The van der Waals surface area contributed by atoms with Crippen LogP contribution in [0.5, 0.6) is 0 Å². The van der Waals surface area contributed by atoms with Gasteiger partial charge in [0.2, 0.25) is 5.91 Å². The maximum Gasteiger partial charge on any atom is 0.271 e. The number of sulfone groups is 1. The van der Waals surface area contributed by atoms with E-state index < -0.39 is 15.9 Å². The fourth-order valence-corrected chi connectivity index (χ4v) is 5.74. The van der Waals surface area contributed by atoms with Crippen LogP contribution in [0.15, 0.2) is 23.3 Å². The summed E-state index contributed by atoms with van der Waals surface area (Å²) < 4.78 is 23.4. The van der Waals surface area contributed by atoms with Gasteiger partial charge in [-0.15, -0.1) is 0 Å². The number of hydrogen-bond donors (Lipinski definition) is 1. The molecule has 2 amide bonds. The van der Waals surface area contributed by atoms with E-state index >= 15 is 0 Å². The van der Waals surface area contributed by atoms with Crippen molar-refractivity contribution < 1.29 is 18.0 Å². The van der Waals surface area contributed by atoms with E-state index in [0.29, 0.717) is 12.1 Å². The van der Waals surface area contributed by atoms with Crippen LogP contribution in [-0.4, -0.2) is 61.6 Å². The van der Waals surface area contributed by atoms with Gasteiger partial charge in [0.15, 0.2) is 9.84 Å². The van der Waals surface area contributed by atoms with E-state index in [1.807, 2.05) is 18.2 Å². The minimum Gasteiger partial charge on any atom is -0.371 e. The van der Waals surface area contributed by atoms with Gasteiger partial charge in [0.1, 0.15) is 5.71 Å². The molecule has 1 atom stereocenters. The average molecular weight is 404 g/mol. The molecule has 150 valence electrons. The smallest absolute Gasteiger partial charge is 0.271 e. The first-order valence-electron chi connectivity index (χ1n) is 9.65. The highest BCUT2D eigenvalue weighted by atomic mass is 32.2. The molecule has 0 bridgehead atoms. The summed E-state index contributed by atoms with van der Waals surface area (Å²) in [6.07, 6.45) is 1.79. The number of carbonyl (C=O) groups excluding carboxylic acids is 2. The second-order valence-electron chi connectivity index (χ2n) is 7.47. The lowest BCUT2D eigenvalue weighted by Gasteiger charge is -2.27. The van der Waals surface area contributed by atoms with Gasteiger partial charge >= 0.3 is 0 Å². The van der Waals surface area contributed by atoms with Crippen molar-refractivity contribution in [1.82, 2.24) is 5.01 Å². The van der Waals surface area contributed by atoms with Gasteiger partial charge in [-0.05, 0) is 37.5 Å². The lowest BCUT2D eigenvalue weighted by atomic mass is 10.1. The summed E-state index contributed by atoms with van der Waals surface area (Å²) in [6, 6.07) is 5.41. The van der Waals surface area contributed by atoms with Crippen LogP contribution in [0, 0.1) is 0 Å². The highest BCUT2D eigenvalue weighted by Gasteiger charge is 2.37. The molecular formula is C19H24N4O4S. The van der Waals surface area contributed by atoms with Crippen LogP contribution in [0.3, 0.4) is 0 Å². The standard InChI is InChI=1S/C19H24N4O4S/c1-2-22-9-7-13-3-4-14(11-17(13)22)20-19(25)16-5-6-18(24)23(21-16)15-8-10-28(26,27)12-15/h3-4,11,15H,2,5-10,12H2,1H3,(H,20,25). The molecule has 0 aliphatic carbocycles. The van der Waals surface area contributed by atoms with Gasteiger partial charge in [0.05, 0.1) is 17.5 Å². The summed E-state index contributed by atoms with van der Waals surface area (Å²) >= 11 is 0. The van der Waals surface area contributed by atoms with Crippen LogP contribution in [0.25, 0.3) is 0 Å². The Bertz CT molecular complexity index is 957. The van der Waals surface area contributed by atoms with Crippen molar-refractivity contribution in [1.29, 1.82) is 0 Å². The third-order valence-corrected chi connectivity index (χ3v) is 7.34. The number of carbonyl (C=O) groups is 2. The van der Waals surface area contributed by atoms with Crippen molar-refractivity contribution in [3.05, 3.63) is 23.8 Å². The molecule has 1 fully saturated rings. The minimum atomic E-state index is -3.14. The van der Waals surface area contributed by atoms with Gasteiger partial charge in [0.25, 0.3) is 5.91 Å². The third-order valence-electron chi connectivity index (χ3n) is 5.59. The zero-order valence-electron chi connectivity index (χ0n) is 15.8. The molecule has 1 saturated heterocycles. The third kappa shape index (κ3) is 3.63. The van der Waals surface area contributed by atoms with E-state index in [9.17, 15) is 18.0 Å². The van der Waals surface area contributed by atoms with E-state index in [4.69, 9.17) is 0 Å². The second-order valence-corrected chi connectivity index (χ2v) is 9.70. The quantitative estimate of drug-likeness (QED) is 0.812. The number of nitrogens with one attached hydrogen (secondary N) is 1. The molecule has 0 saturated carbocycles.